The third-order valence-corrected chi connectivity index (χ3v) is 6.61. The molecule has 5 rings (SSSR count). The standard InChI is InChI=1S/C30H25N3OS/c1-21-13-18-27(22(2)19-21)31-30-32-29(34)28(35-30)20-23-14-16-26(17-15-23)33(24-9-5-3-6-10-24)25-11-7-4-8-12-25/h3-20H,1-2H3,(H,31,32,34). The Bertz CT molecular complexity index is 1370. The molecule has 0 bridgehead atoms. The summed E-state index contributed by atoms with van der Waals surface area (Å²) in [7, 11) is 0. The average molecular weight is 476 g/mol. The van der Waals surface area contributed by atoms with Crippen molar-refractivity contribution < 1.29 is 4.79 Å². The van der Waals surface area contributed by atoms with Gasteiger partial charge in [0.1, 0.15) is 0 Å². The number of amides is 1. The molecule has 5 heteroatoms. The molecule has 0 spiro atoms. The van der Waals surface area contributed by atoms with Gasteiger partial charge in [0.25, 0.3) is 5.91 Å². The highest BCUT2D eigenvalue weighted by molar-refractivity contribution is 8.18. The van der Waals surface area contributed by atoms with Crippen LogP contribution in [0.15, 0.2) is 113 Å². The minimum Gasteiger partial charge on any atom is -0.311 e. The highest BCUT2D eigenvalue weighted by Crippen LogP contribution is 2.35. The summed E-state index contributed by atoms with van der Waals surface area (Å²) in [6.07, 6.45) is 1.91. The number of thioether (sulfide) groups is 1. The Hall–Kier alpha value is -4.09. The molecule has 4 nitrogen and oxygen atoms in total. The summed E-state index contributed by atoms with van der Waals surface area (Å²) in [6, 6.07) is 34.9. The third-order valence-electron chi connectivity index (χ3n) is 5.70. The van der Waals surface area contributed by atoms with E-state index in [1.54, 1.807) is 0 Å². The van der Waals surface area contributed by atoms with Crippen molar-refractivity contribution in [3.63, 3.8) is 0 Å². The van der Waals surface area contributed by atoms with Gasteiger partial charge < -0.3 is 10.2 Å². The molecule has 1 aliphatic rings. The monoisotopic (exact) mass is 475 g/mol. The van der Waals surface area contributed by atoms with E-state index in [1.807, 2.05) is 73.7 Å². The molecule has 1 aliphatic heterocycles. The maximum absolute atomic E-state index is 12.6. The van der Waals surface area contributed by atoms with E-state index in [2.05, 4.69) is 64.6 Å². The molecular weight excluding hydrogens is 450 g/mol. The van der Waals surface area contributed by atoms with Gasteiger partial charge in [0, 0.05) is 17.1 Å². The molecule has 0 atom stereocenters. The second kappa shape index (κ2) is 10.0. The number of amidine groups is 1. The Balaban J connectivity index is 1.40. The maximum atomic E-state index is 12.6. The molecule has 0 unspecified atom stereocenters. The molecular formula is C30H25N3OS. The zero-order chi connectivity index (χ0) is 24.2. The number of nitrogens with zero attached hydrogens (tertiary/aromatic N) is 2. The van der Waals surface area contributed by atoms with Gasteiger partial charge in [0.05, 0.1) is 10.6 Å². The van der Waals surface area contributed by atoms with Crippen molar-refractivity contribution in [1.82, 2.24) is 5.32 Å². The van der Waals surface area contributed by atoms with E-state index >= 15 is 0 Å². The van der Waals surface area contributed by atoms with Crippen molar-refractivity contribution in [3.8, 4) is 0 Å². The van der Waals surface area contributed by atoms with E-state index in [-0.39, 0.29) is 5.91 Å². The normalized spacial score (nSPS) is 15.4. The summed E-state index contributed by atoms with van der Waals surface area (Å²) >= 11 is 1.37. The number of nitrogens with one attached hydrogen (secondary N) is 1. The first-order valence-electron chi connectivity index (χ1n) is 11.4. The minimum atomic E-state index is -0.127. The number of benzene rings is 4. The second-order valence-electron chi connectivity index (χ2n) is 8.37. The number of anilines is 3. The molecule has 1 saturated heterocycles. The van der Waals surface area contributed by atoms with Gasteiger partial charge in [-0.2, -0.15) is 0 Å². The molecule has 1 fully saturated rings. The number of carbonyl (C=O) groups is 1. The predicted molar refractivity (Wildman–Crippen MR) is 148 cm³/mol. The van der Waals surface area contributed by atoms with E-state index < -0.39 is 0 Å². The SMILES string of the molecule is Cc1ccc(N=C2NC(=O)C(=Cc3ccc(N(c4ccccc4)c4ccccc4)cc3)S2)c(C)c1. The first-order valence-corrected chi connectivity index (χ1v) is 12.3. The van der Waals surface area contributed by atoms with E-state index in [9.17, 15) is 4.79 Å². The molecule has 0 aliphatic carbocycles. The molecule has 4 aromatic rings. The fourth-order valence-electron chi connectivity index (χ4n) is 3.99. The van der Waals surface area contributed by atoms with E-state index in [1.165, 1.54) is 17.3 Å². The molecule has 172 valence electrons. The first-order chi connectivity index (χ1) is 17.1. The van der Waals surface area contributed by atoms with Crippen molar-refractivity contribution in [3.05, 3.63) is 125 Å². The van der Waals surface area contributed by atoms with Crippen LogP contribution in [0.2, 0.25) is 0 Å². The van der Waals surface area contributed by atoms with Crippen LogP contribution >= 0.6 is 11.8 Å². The van der Waals surface area contributed by atoms with Crippen molar-refractivity contribution in [2.75, 3.05) is 4.90 Å². The van der Waals surface area contributed by atoms with Crippen molar-refractivity contribution >= 4 is 51.7 Å². The lowest BCUT2D eigenvalue weighted by Crippen LogP contribution is -2.19. The van der Waals surface area contributed by atoms with Gasteiger partial charge in [0.2, 0.25) is 0 Å². The topological polar surface area (TPSA) is 44.7 Å². The van der Waals surface area contributed by atoms with Crippen LogP contribution in [-0.4, -0.2) is 11.1 Å². The van der Waals surface area contributed by atoms with E-state index in [0.29, 0.717) is 10.1 Å². The summed E-state index contributed by atoms with van der Waals surface area (Å²) in [4.78, 5) is 20.1. The van der Waals surface area contributed by atoms with Crippen LogP contribution in [0.3, 0.4) is 0 Å². The number of aliphatic imine (C=N–C) groups is 1. The largest absolute Gasteiger partial charge is 0.311 e. The molecule has 0 aromatic heterocycles. The minimum absolute atomic E-state index is 0.127. The molecule has 0 radical (unpaired) electrons. The van der Waals surface area contributed by atoms with Crippen LogP contribution in [0.5, 0.6) is 0 Å². The Kier molecular flexibility index (Phi) is 6.51. The second-order valence-corrected chi connectivity index (χ2v) is 9.40. The first kappa shape index (κ1) is 22.7. The maximum Gasteiger partial charge on any atom is 0.264 e. The summed E-state index contributed by atoms with van der Waals surface area (Å²) in [5, 5.41) is 3.49. The Morgan fingerprint density at radius 2 is 1.37 bits per heavy atom. The highest BCUT2D eigenvalue weighted by Gasteiger charge is 2.24. The fourth-order valence-corrected chi connectivity index (χ4v) is 4.83. The fraction of sp³-hybridized carbons (Fsp3) is 0.0667. The zero-order valence-electron chi connectivity index (χ0n) is 19.6. The predicted octanol–water partition coefficient (Wildman–Crippen LogP) is 7.66. The molecule has 1 amide bonds. The third kappa shape index (κ3) is 5.20. The van der Waals surface area contributed by atoms with Gasteiger partial charge >= 0.3 is 0 Å². The lowest BCUT2D eigenvalue weighted by molar-refractivity contribution is -0.115. The van der Waals surface area contributed by atoms with Gasteiger partial charge in [0.15, 0.2) is 5.17 Å². The molecule has 1 N–H and O–H groups in total. The molecule has 4 aromatic carbocycles. The summed E-state index contributed by atoms with van der Waals surface area (Å²) in [5.41, 5.74) is 7.32. The van der Waals surface area contributed by atoms with Crippen LogP contribution < -0.4 is 10.2 Å². The van der Waals surface area contributed by atoms with Crippen LogP contribution in [0.4, 0.5) is 22.7 Å². The summed E-state index contributed by atoms with van der Waals surface area (Å²) in [5.74, 6) is -0.127. The Morgan fingerprint density at radius 3 is 1.97 bits per heavy atom. The molecule has 0 saturated carbocycles. The van der Waals surface area contributed by atoms with Gasteiger partial charge in [-0.3, -0.25) is 4.79 Å². The van der Waals surface area contributed by atoms with Gasteiger partial charge in [-0.05, 0) is 85.3 Å². The number of rotatable bonds is 5. The van der Waals surface area contributed by atoms with Crippen LogP contribution in [-0.2, 0) is 4.79 Å². The number of para-hydroxylation sites is 2. The van der Waals surface area contributed by atoms with Crippen molar-refractivity contribution in [2.45, 2.75) is 13.8 Å². The number of hydrogen-bond donors (Lipinski definition) is 1. The lowest BCUT2D eigenvalue weighted by Gasteiger charge is -2.25. The lowest BCUT2D eigenvalue weighted by atomic mass is 10.1. The zero-order valence-corrected chi connectivity index (χ0v) is 20.4. The highest BCUT2D eigenvalue weighted by atomic mass is 32.2. The average Bonchev–Trinajstić information content (AvgIpc) is 3.22. The number of aryl methyl sites for hydroxylation is 2. The summed E-state index contributed by atoms with van der Waals surface area (Å²) in [6.45, 7) is 4.08. The quantitative estimate of drug-likeness (QED) is 0.301. The van der Waals surface area contributed by atoms with Crippen molar-refractivity contribution in [2.24, 2.45) is 4.99 Å². The van der Waals surface area contributed by atoms with Gasteiger partial charge in [-0.1, -0.05) is 66.2 Å². The Morgan fingerprint density at radius 1 is 0.771 bits per heavy atom. The van der Waals surface area contributed by atoms with Crippen LogP contribution in [0.1, 0.15) is 16.7 Å². The number of hydrogen-bond acceptors (Lipinski definition) is 4. The molecule has 1 heterocycles. The summed E-state index contributed by atoms with van der Waals surface area (Å²) < 4.78 is 0. The molecule has 35 heavy (non-hydrogen) atoms. The smallest absolute Gasteiger partial charge is 0.264 e. The number of carbonyl (C=O) groups excluding carboxylic acids is 1. The van der Waals surface area contributed by atoms with Crippen LogP contribution in [0.25, 0.3) is 6.08 Å². The van der Waals surface area contributed by atoms with Gasteiger partial charge in [-0.15, -0.1) is 0 Å². The van der Waals surface area contributed by atoms with Gasteiger partial charge in [-0.25, -0.2) is 4.99 Å². The van der Waals surface area contributed by atoms with E-state index in [0.717, 1.165) is 33.9 Å². The van der Waals surface area contributed by atoms with E-state index in [4.69, 9.17) is 0 Å². The van der Waals surface area contributed by atoms with Crippen molar-refractivity contribution in [1.29, 1.82) is 0 Å². The Labute approximate surface area is 210 Å². The van der Waals surface area contributed by atoms with Crippen LogP contribution in [0, 0.1) is 13.8 Å².